The van der Waals surface area contributed by atoms with Gasteiger partial charge in [-0.3, -0.25) is 0 Å². The third-order valence-corrected chi connectivity index (χ3v) is 2.63. The first-order valence-corrected chi connectivity index (χ1v) is 6.28. The fraction of sp³-hybridized carbons (Fsp3) is 0.429. The SMILES string of the molecule is CCOC(=O)[C@@](C)(CO)NC(=O)OCc1ccccc1. The number of benzene rings is 1. The van der Waals surface area contributed by atoms with Crippen LogP contribution in [-0.2, 0) is 20.9 Å². The molecule has 1 atom stereocenters. The van der Waals surface area contributed by atoms with E-state index >= 15 is 0 Å². The molecule has 0 aliphatic rings. The smallest absolute Gasteiger partial charge is 0.408 e. The van der Waals surface area contributed by atoms with Crippen molar-refractivity contribution in [3.8, 4) is 0 Å². The van der Waals surface area contributed by atoms with E-state index in [1.54, 1.807) is 6.92 Å². The van der Waals surface area contributed by atoms with Gasteiger partial charge < -0.3 is 19.9 Å². The predicted molar refractivity (Wildman–Crippen MR) is 71.9 cm³/mol. The standard InChI is InChI=1S/C14H19NO5/c1-3-19-12(17)14(2,10-16)15-13(18)20-9-11-7-5-4-6-8-11/h4-8,16H,3,9-10H2,1-2H3,(H,15,18)/t14-/m1/s1. The Bertz CT molecular complexity index is 448. The van der Waals surface area contributed by atoms with E-state index in [-0.39, 0.29) is 13.2 Å². The van der Waals surface area contributed by atoms with Crippen molar-refractivity contribution in [1.82, 2.24) is 5.32 Å². The van der Waals surface area contributed by atoms with Crippen LogP contribution in [0.5, 0.6) is 0 Å². The minimum absolute atomic E-state index is 0.0804. The highest BCUT2D eigenvalue weighted by atomic mass is 16.6. The Hall–Kier alpha value is -2.08. The second kappa shape index (κ2) is 7.49. The van der Waals surface area contributed by atoms with Crippen molar-refractivity contribution >= 4 is 12.1 Å². The van der Waals surface area contributed by atoms with E-state index in [1.165, 1.54) is 6.92 Å². The van der Waals surface area contributed by atoms with E-state index in [1.807, 2.05) is 30.3 Å². The molecule has 0 saturated carbocycles. The van der Waals surface area contributed by atoms with Gasteiger partial charge in [0.05, 0.1) is 13.2 Å². The lowest BCUT2D eigenvalue weighted by atomic mass is 10.1. The van der Waals surface area contributed by atoms with Crippen molar-refractivity contribution < 1.29 is 24.2 Å². The van der Waals surface area contributed by atoms with Crippen molar-refractivity contribution in [3.63, 3.8) is 0 Å². The molecule has 1 rings (SSSR count). The molecule has 110 valence electrons. The number of nitrogens with one attached hydrogen (secondary N) is 1. The number of aliphatic hydroxyl groups is 1. The molecule has 0 radical (unpaired) electrons. The Morgan fingerprint density at radius 1 is 1.25 bits per heavy atom. The summed E-state index contributed by atoms with van der Waals surface area (Å²) in [4.78, 5) is 23.3. The minimum atomic E-state index is -1.51. The number of aliphatic hydroxyl groups excluding tert-OH is 1. The molecule has 1 amide bonds. The van der Waals surface area contributed by atoms with Crippen LogP contribution in [0.25, 0.3) is 0 Å². The molecular weight excluding hydrogens is 262 g/mol. The number of carbonyl (C=O) groups excluding carboxylic acids is 2. The van der Waals surface area contributed by atoms with Gasteiger partial charge in [-0.25, -0.2) is 9.59 Å². The van der Waals surface area contributed by atoms with Gasteiger partial charge in [-0.15, -0.1) is 0 Å². The number of alkyl carbamates (subject to hydrolysis) is 1. The molecule has 1 aromatic carbocycles. The monoisotopic (exact) mass is 281 g/mol. The van der Waals surface area contributed by atoms with Gasteiger partial charge in [0.25, 0.3) is 0 Å². The fourth-order valence-corrected chi connectivity index (χ4v) is 1.43. The second-order valence-corrected chi connectivity index (χ2v) is 4.40. The first-order valence-electron chi connectivity index (χ1n) is 6.28. The summed E-state index contributed by atoms with van der Waals surface area (Å²) in [5, 5.41) is 11.6. The lowest BCUT2D eigenvalue weighted by Crippen LogP contribution is -2.55. The second-order valence-electron chi connectivity index (χ2n) is 4.40. The number of ether oxygens (including phenoxy) is 2. The fourth-order valence-electron chi connectivity index (χ4n) is 1.43. The molecular formula is C14H19NO5. The maximum atomic E-state index is 11.7. The van der Waals surface area contributed by atoms with Crippen LogP contribution in [0, 0.1) is 0 Å². The number of hydrogen-bond acceptors (Lipinski definition) is 5. The minimum Gasteiger partial charge on any atom is -0.464 e. The summed E-state index contributed by atoms with van der Waals surface area (Å²) in [7, 11) is 0. The molecule has 0 aliphatic heterocycles. The van der Waals surface area contributed by atoms with E-state index in [0.29, 0.717) is 0 Å². The van der Waals surface area contributed by atoms with Crippen LogP contribution in [0.1, 0.15) is 19.4 Å². The molecule has 0 fully saturated rings. The van der Waals surface area contributed by atoms with Gasteiger partial charge in [0.2, 0.25) is 0 Å². The summed E-state index contributed by atoms with van der Waals surface area (Å²) in [5.41, 5.74) is -0.687. The Kier molecular flexibility index (Phi) is 5.99. The molecule has 6 heteroatoms. The summed E-state index contributed by atoms with van der Waals surface area (Å²) in [6.45, 7) is 2.68. The molecule has 0 saturated heterocycles. The topological polar surface area (TPSA) is 84.9 Å². The Morgan fingerprint density at radius 2 is 1.90 bits per heavy atom. The van der Waals surface area contributed by atoms with Crippen molar-refractivity contribution in [2.75, 3.05) is 13.2 Å². The molecule has 0 aromatic heterocycles. The number of carbonyl (C=O) groups is 2. The molecule has 6 nitrogen and oxygen atoms in total. The highest BCUT2D eigenvalue weighted by Gasteiger charge is 2.36. The van der Waals surface area contributed by atoms with Crippen molar-refractivity contribution in [2.45, 2.75) is 26.0 Å². The van der Waals surface area contributed by atoms with E-state index < -0.39 is 24.2 Å². The predicted octanol–water partition coefficient (Wildman–Crippen LogP) is 1.23. The van der Waals surface area contributed by atoms with E-state index in [2.05, 4.69) is 5.32 Å². The Balaban J connectivity index is 2.53. The third-order valence-electron chi connectivity index (χ3n) is 2.63. The molecule has 0 heterocycles. The van der Waals surface area contributed by atoms with Crippen LogP contribution in [0.2, 0.25) is 0 Å². The zero-order valence-electron chi connectivity index (χ0n) is 11.6. The van der Waals surface area contributed by atoms with Gasteiger partial charge in [0.15, 0.2) is 5.54 Å². The zero-order chi connectivity index (χ0) is 15.0. The molecule has 0 bridgehead atoms. The highest BCUT2D eigenvalue weighted by molar-refractivity contribution is 5.85. The van der Waals surface area contributed by atoms with Crippen molar-refractivity contribution in [1.29, 1.82) is 0 Å². The van der Waals surface area contributed by atoms with Crippen LogP contribution in [0.15, 0.2) is 30.3 Å². The zero-order valence-corrected chi connectivity index (χ0v) is 11.6. The van der Waals surface area contributed by atoms with E-state index in [9.17, 15) is 14.7 Å². The molecule has 1 aromatic rings. The summed E-state index contributed by atoms with van der Waals surface area (Å²) >= 11 is 0. The van der Waals surface area contributed by atoms with Gasteiger partial charge in [0, 0.05) is 0 Å². The van der Waals surface area contributed by atoms with Gasteiger partial charge in [-0.05, 0) is 19.4 Å². The molecule has 0 aliphatic carbocycles. The van der Waals surface area contributed by atoms with Crippen LogP contribution in [-0.4, -0.2) is 35.9 Å². The highest BCUT2D eigenvalue weighted by Crippen LogP contribution is 2.07. The van der Waals surface area contributed by atoms with Crippen molar-refractivity contribution in [3.05, 3.63) is 35.9 Å². The quantitative estimate of drug-likeness (QED) is 0.766. The summed E-state index contributed by atoms with van der Waals surface area (Å²) in [6.07, 6.45) is -0.793. The molecule has 2 N–H and O–H groups in total. The molecule has 0 unspecified atom stereocenters. The first kappa shape index (κ1) is 16.0. The lowest BCUT2D eigenvalue weighted by Gasteiger charge is -2.25. The van der Waals surface area contributed by atoms with E-state index in [0.717, 1.165) is 5.56 Å². The van der Waals surface area contributed by atoms with Crippen LogP contribution >= 0.6 is 0 Å². The maximum absolute atomic E-state index is 11.7. The third kappa shape index (κ3) is 4.55. The summed E-state index contributed by atoms with van der Waals surface area (Å²) in [6, 6.07) is 9.13. The van der Waals surface area contributed by atoms with Crippen LogP contribution in [0.3, 0.4) is 0 Å². The normalized spacial score (nSPS) is 13.2. The number of esters is 1. The Morgan fingerprint density at radius 3 is 2.45 bits per heavy atom. The molecule has 0 spiro atoms. The first-order chi connectivity index (χ1) is 9.51. The van der Waals surface area contributed by atoms with Gasteiger partial charge in [0.1, 0.15) is 6.61 Å². The number of hydrogen-bond donors (Lipinski definition) is 2. The average Bonchev–Trinajstić information content (AvgIpc) is 2.46. The molecule has 20 heavy (non-hydrogen) atoms. The number of amides is 1. The van der Waals surface area contributed by atoms with E-state index in [4.69, 9.17) is 9.47 Å². The maximum Gasteiger partial charge on any atom is 0.408 e. The lowest BCUT2D eigenvalue weighted by molar-refractivity contribution is -0.151. The largest absolute Gasteiger partial charge is 0.464 e. The summed E-state index contributed by atoms with van der Waals surface area (Å²) < 4.78 is 9.78. The van der Waals surface area contributed by atoms with Crippen LogP contribution < -0.4 is 5.32 Å². The number of rotatable bonds is 6. The van der Waals surface area contributed by atoms with Crippen molar-refractivity contribution in [2.24, 2.45) is 0 Å². The van der Waals surface area contributed by atoms with Crippen LogP contribution in [0.4, 0.5) is 4.79 Å². The van der Waals surface area contributed by atoms with Gasteiger partial charge >= 0.3 is 12.1 Å². The average molecular weight is 281 g/mol. The van der Waals surface area contributed by atoms with Gasteiger partial charge in [-0.1, -0.05) is 30.3 Å². The van der Waals surface area contributed by atoms with Gasteiger partial charge in [-0.2, -0.15) is 0 Å². The summed E-state index contributed by atoms with van der Waals surface area (Å²) in [5.74, 6) is -0.709. The Labute approximate surface area is 117 Å².